The lowest BCUT2D eigenvalue weighted by atomic mass is 10.2. The maximum absolute atomic E-state index is 12.6. The molecule has 0 amide bonds. The molecule has 2 aromatic heterocycles. The summed E-state index contributed by atoms with van der Waals surface area (Å²) in [6, 6.07) is 12.0. The molecule has 0 fully saturated rings. The fourth-order valence-corrected chi connectivity index (χ4v) is 3.78. The van der Waals surface area contributed by atoms with Crippen molar-refractivity contribution in [2.45, 2.75) is 18.4 Å². The minimum atomic E-state index is -3.71. The van der Waals surface area contributed by atoms with Gasteiger partial charge in [-0.05, 0) is 60.5 Å². The van der Waals surface area contributed by atoms with Crippen LogP contribution in [0.1, 0.15) is 11.1 Å². The van der Waals surface area contributed by atoms with E-state index in [0.717, 1.165) is 5.56 Å². The Morgan fingerprint density at radius 1 is 1.07 bits per heavy atom. The molecule has 3 aromatic rings. The predicted octanol–water partition coefficient (Wildman–Crippen LogP) is 3.21. The molecule has 8 heteroatoms. The molecule has 0 saturated carbocycles. The highest BCUT2D eigenvalue weighted by molar-refractivity contribution is 7.92. The molecule has 140 valence electrons. The molecule has 3 rings (SSSR count). The smallest absolute Gasteiger partial charge is 0.262 e. The number of methoxy groups -OCH3 is 1. The zero-order valence-corrected chi connectivity index (χ0v) is 15.8. The third-order valence-corrected chi connectivity index (χ3v) is 5.45. The summed E-state index contributed by atoms with van der Waals surface area (Å²) in [5.74, 6) is 1.26. The minimum absolute atomic E-state index is 0.197. The fourth-order valence-electron chi connectivity index (χ4n) is 2.51. The second-order valence-corrected chi connectivity index (χ2v) is 7.53. The number of nitrogens with zero attached hydrogens (tertiary/aromatic N) is 2. The van der Waals surface area contributed by atoms with E-state index in [-0.39, 0.29) is 4.90 Å². The standard InChI is InChI=1S/C19H20N4O3S/c1-14-11-17(26-2)4-5-18(14)27(24,25)23-16-3-6-19(22-13-16)21-12-15-7-9-20-10-8-15/h3-11,13,23H,12H2,1-2H3,(H,21,22). The summed E-state index contributed by atoms with van der Waals surface area (Å²) >= 11 is 0. The van der Waals surface area contributed by atoms with E-state index in [1.165, 1.54) is 19.4 Å². The zero-order chi connectivity index (χ0) is 19.3. The van der Waals surface area contributed by atoms with Crippen molar-refractivity contribution in [1.29, 1.82) is 0 Å². The number of pyridine rings is 2. The van der Waals surface area contributed by atoms with Gasteiger partial charge in [-0.15, -0.1) is 0 Å². The van der Waals surface area contributed by atoms with Crippen LogP contribution in [0, 0.1) is 6.92 Å². The molecular formula is C19H20N4O3S. The lowest BCUT2D eigenvalue weighted by molar-refractivity contribution is 0.414. The van der Waals surface area contributed by atoms with Gasteiger partial charge >= 0.3 is 0 Å². The first-order valence-electron chi connectivity index (χ1n) is 8.24. The molecular weight excluding hydrogens is 364 g/mol. The molecule has 0 unspecified atom stereocenters. The van der Waals surface area contributed by atoms with Crippen molar-refractivity contribution < 1.29 is 13.2 Å². The number of hydrogen-bond donors (Lipinski definition) is 2. The first-order chi connectivity index (χ1) is 13.0. The Morgan fingerprint density at radius 2 is 1.85 bits per heavy atom. The molecule has 0 bridgehead atoms. The Hall–Kier alpha value is -3.13. The van der Waals surface area contributed by atoms with E-state index < -0.39 is 10.0 Å². The number of aromatic nitrogens is 2. The van der Waals surface area contributed by atoms with Gasteiger partial charge in [0.05, 0.1) is 23.9 Å². The second kappa shape index (κ2) is 8.05. The van der Waals surface area contributed by atoms with Crippen LogP contribution in [-0.2, 0) is 16.6 Å². The van der Waals surface area contributed by atoms with E-state index in [9.17, 15) is 8.42 Å². The summed E-state index contributed by atoms with van der Waals surface area (Å²) < 4.78 is 32.9. The van der Waals surface area contributed by atoms with Gasteiger partial charge in [0, 0.05) is 18.9 Å². The molecule has 27 heavy (non-hydrogen) atoms. The lowest BCUT2D eigenvalue weighted by Crippen LogP contribution is -2.14. The summed E-state index contributed by atoms with van der Waals surface area (Å²) in [7, 11) is -2.17. The van der Waals surface area contributed by atoms with Crippen molar-refractivity contribution in [3.8, 4) is 5.75 Å². The van der Waals surface area contributed by atoms with Crippen LogP contribution in [0.15, 0.2) is 66.0 Å². The number of rotatable bonds is 7. The molecule has 7 nitrogen and oxygen atoms in total. The summed E-state index contributed by atoms with van der Waals surface area (Å²) in [6.45, 7) is 2.33. The minimum Gasteiger partial charge on any atom is -0.497 e. The van der Waals surface area contributed by atoms with Crippen molar-refractivity contribution in [3.05, 3.63) is 72.2 Å². The van der Waals surface area contributed by atoms with Crippen molar-refractivity contribution in [2.75, 3.05) is 17.1 Å². The summed E-state index contributed by atoms with van der Waals surface area (Å²) in [5.41, 5.74) is 2.07. The second-order valence-electron chi connectivity index (χ2n) is 5.88. The number of sulfonamides is 1. The van der Waals surface area contributed by atoms with Gasteiger partial charge in [0.25, 0.3) is 10.0 Å². The number of ether oxygens (including phenoxy) is 1. The number of benzene rings is 1. The molecule has 0 radical (unpaired) electrons. The van der Waals surface area contributed by atoms with Gasteiger partial charge in [-0.2, -0.15) is 0 Å². The zero-order valence-electron chi connectivity index (χ0n) is 15.0. The maximum Gasteiger partial charge on any atom is 0.262 e. The van der Waals surface area contributed by atoms with E-state index in [1.807, 2.05) is 12.1 Å². The van der Waals surface area contributed by atoms with Crippen molar-refractivity contribution in [3.63, 3.8) is 0 Å². The molecule has 0 spiro atoms. The average molecular weight is 384 g/mol. The highest BCUT2D eigenvalue weighted by atomic mass is 32.2. The molecule has 0 aliphatic rings. The Bertz CT molecular complexity index is 1010. The molecule has 1 aromatic carbocycles. The van der Waals surface area contributed by atoms with Gasteiger partial charge in [0.2, 0.25) is 0 Å². The molecule has 0 atom stereocenters. The van der Waals surface area contributed by atoms with Crippen molar-refractivity contribution in [2.24, 2.45) is 0 Å². The molecule has 2 heterocycles. The summed E-state index contributed by atoms with van der Waals surface area (Å²) in [6.07, 6.45) is 4.93. The quantitative estimate of drug-likeness (QED) is 0.650. The predicted molar refractivity (Wildman–Crippen MR) is 104 cm³/mol. The first kappa shape index (κ1) is 18.7. The third-order valence-electron chi connectivity index (χ3n) is 3.91. The van der Waals surface area contributed by atoms with Crippen LogP contribution in [0.2, 0.25) is 0 Å². The van der Waals surface area contributed by atoms with Crippen molar-refractivity contribution in [1.82, 2.24) is 9.97 Å². The Kier molecular flexibility index (Phi) is 5.56. The van der Waals surface area contributed by atoms with Crippen LogP contribution in [0.25, 0.3) is 0 Å². The molecule has 0 aliphatic heterocycles. The van der Waals surface area contributed by atoms with E-state index >= 15 is 0 Å². The van der Waals surface area contributed by atoms with Gasteiger partial charge in [-0.3, -0.25) is 9.71 Å². The Labute approximate surface area is 158 Å². The Morgan fingerprint density at radius 3 is 2.48 bits per heavy atom. The number of hydrogen-bond acceptors (Lipinski definition) is 6. The van der Waals surface area contributed by atoms with E-state index in [2.05, 4.69) is 20.0 Å². The SMILES string of the molecule is COc1ccc(S(=O)(=O)Nc2ccc(NCc3ccncc3)nc2)c(C)c1. The van der Waals surface area contributed by atoms with Crippen LogP contribution in [0.4, 0.5) is 11.5 Å². The van der Waals surface area contributed by atoms with E-state index in [0.29, 0.717) is 29.4 Å². The molecule has 2 N–H and O–H groups in total. The van der Waals surface area contributed by atoms with E-state index in [1.54, 1.807) is 43.6 Å². The molecule has 0 aliphatic carbocycles. The van der Waals surface area contributed by atoms with Gasteiger partial charge < -0.3 is 10.1 Å². The molecule has 0 saturated heterocycles. The average Bonchev–Trinajstić information content (AvgIpc) is 2.67. The van der Waals surface area contributed by atoms with Crippen LogP contribution in [-0.4, -0.2) is 25.5 Å². The van der Waals surface area contributed by atoms with Crippen LogP contribution < -0.4 is 14.8 Å². The third kappa shape index (κ3) is 4.73. The summed E-state index contributed by atoms with van der Waals surface area (Å²) in [5, 5.41) is 3.17. The van der Waals surface area contributed by atoms with Gasteiger partial charge in [-0.25, -0.2) is 13.4 Å². The largest absolute Gasteiger partial charge is 0.497 e. The van der Waals surface area contributed by atoms with Crippen LogP contribution >= 0.6 is 0 Å². The first-order valence-corrected chi connectivity index (χ1v) is 9.72. The monoisotopic (exact) mass is 384 g/mol. The maximum atomic E-state index is 12.6. The van der Waals surface area contributed by atoms with Gasteiger partial charge in [0.15, 0.2) is 0 Å². The van der Waals surface area contributed by atoms with Crippen LogP contribution in [0.5, 0.6) is 5.75 Å². The normalized spacial score (nSPS) is 11.0. The number of nitrogens with one attached hydrogen (secondary N) is 2. The van der Waals surface area contributed by atoms with E-state index in [4.69, 9.17) is 4.74 Å². The highest BCUT2D eigenvalue weighted by Crippen LogP contribution is 2.23. The Balaban J connectivity index is 1.68. The van der Waals surface area contributed by atoms with Crippen LogP contribution in [0.3, 0.4) is 0 Å². The highest BCUT2D eigenvalue weighted by Gasteiger charge is 2.17. The number of anilines is 2. The summed E-state index contributed by atoms with van der Waals surface area (Å²) in [4.78, 5) is 8.42. The van der Waals surface area contributed by atoms with Gasteiger partial charge in [-0.1, -0.05) is 0 Å². The lowest BCUT2D eigenvalue weighted by Gasteiger charge is -2.12. The topological polar surface area (TPSA) is 93.2 Å². The fraction of sp³-hybridized carbons (Fsp3) is 0.158. The van der Waals surface area contributed by atoms with Crippen molar-refractivity contribution >= 4 is 21.5 Å². The number of aryl methyl sites for hydroxylation is 1. The van der Waals surface area contributed by atoms with Gasteiger partial charge in [0.1, 0.15) is 11.6 Å².